The zero-order valence-electron chi connectivity index (χ0n) is 20.5. The molecule has 1 aromatic carbocycles. The number of hydrogen-bond donors (Lipinski definition) is 1. The van der Waals surface area contributed by atoms with Crippen molar-refractivity contribution in [2.24, 2.45) is 0 Å². The van der Waals surface area contributed by atoms with E-state index >= 15 is 0 Å². The normalized spacial score (nSPS) is 22.0. The first-order valence-corrected chi connectivity index (χ1v) is 13.8. The van der Waals surface area contributed by atoms with Crippen LogP contribution < -0.4 is 5.56 Å². The predicted molar refractivity (Wildman–Crippen MR) is 142 cm³/mol. The zero-order chi connectivity index (χ0) is 25.5. The lowest BCUT2D eigenvalue weighted by molar-refractivity contribution is -0.172. The number of pyridine rings is 2. The van der Waals surface area contributed by atoms with Gasteiger partial charge >= 0.3 is 5.97 Å². The highest BCUT2D eigenvalue weighted by molar-refractivity contribution is 14.1. The summed E-state index contributed by atoms with van der Waals surface area (Å²) in [6.07, 6.45) is 1.71. The smallest absolute Gasteiger partial charge is 0.343 e. The number of carbonyl (C=O) groups excluding carboxylic acids is 1. The van der Waals surface area contributed by atoms with E-state index in [1.54, 1.807) is 17.6 Å². The summed E-state index contributed by atoms with van der Waals surface area (Å²) in [5.41, 5.74) is 3.92. The molecule has 7 nitrogen and oxygen atoms in total. The molecule has 2 aliphatic heterocycles. The summed E-state index contributed by atoms with van der Waals surface area (Å²) in [4.78, 5) is 33.4. The molecule has 0 fully saturated rings. The molecule has 0 unspecified atom stereocenters. The SMILES string of the molecule is CC[C@@]1(O)C(=O)OCc2c1cc1n(c2=O)Cc2c-1nc1cc(F)c(C)c3c1c2[C@@H](N(C)CCI)CC3. The van der Waals surface area contributed by atoms with Gasteiger partial charge in [0.05, 0.1) is 29.0 Å². The Morgan fingerprint density at radius 2 is 2.08 bits per heavy atom. The second kappa shape index (κ2) is 8.32. The Hall–Kier alpha value is -2.37. The maximum Gasteiger partial charge on any atom is 0.343 e. The van der Waals surface area contributed by atoms with Gasteiger partial charge in [0.25, 0.3) is 5.56 Å². The van der Waals surface area contributed by atoms with E-state index in [-0.39, 0.29) is 36.0 Å². The van der Waals surface area contributed by atoms with Crippen LogP contribution in [0.1, 0.15) is 59.2 Å². The van der Waals surface area contributed by atoms with E-state index in [9.17, 15) is 19.1 Å². The first-order chi connectivity index (χ1) is 17.2. The van der Waals surface area contributed by atoms with Crippen molar-refractivity contribution in [3.05, 3.63) is 61.7 Å². The lowest BCUT2D eigenvalue weighted by Gasteiger charge is -2.35. The highest BCUT2D eigenvalue weighted by Gasteiger charge is 2.46. The number of ether oxygens (including phenoxy) is 1. The van der Waals surface area contributed by atoms with Gasteiger partial charge in [0, 0.05) is 39.6 Å². The third-order valence-corrected chi connectivity index (χ3v) is 8.80. The predicted octanol–water partition coefficient (Wildman–Crippen LogP) is 3.88. The second-order valence-electron chi connectivity index (χ2n) is 10.0. The lowest BCUT2D eigenvalue weighted by atomic mass is 9.81. The lowest BCUT2D eigenvalue weighted by Crippen LogP contribution is -2.44. The molecule has 1 aliphatic carbocycles. The van der Waals surface area contributed by atoms with Crippen molar-refractivity contribution < 1.29 is 19.0 Å². The first kappa shape index (κ1) is 24.0. The van der Waals surface area contributed by atoms with Crippen LogP contribution in [0.4, 0.5) is 4.39 Å². The third-order valence-electron chi connectivity index (χ3n) is 8.32. The number of cyclic esters (lactones) is 1. The quantitative estimate of drug-likeness (QED) is 0.217. The molecule has 0 saturated carbocycles. The number of halogens is 2. The molecule has 0 radical (unpaired) electrons. The Bertz CT molecular complexity index is 1530. The highest BCUT2D eigenvalue weighted by Crippen LogP contribution is 2.47. The van der Waals surface area contributed by atoms with Gasteiger partial charge in [0.2, 0.25) is 0 Å². The monoisotopic (exact) mass is 603 g/mol. The van der Waals surface area contributed by atoms with Crippen LogP contribution in [0.3, 0.4) is 0 Å². The van der Waals surface area contributed by atoms with Crippen molar-refractivity contribution in [1.82, 2.24) is 14.5 Å². The summed E-state index contributed by atoms with van der Waals surface area (Å²) in [7, 11) is 2.11. The number of benzene rings is 1. The number of carbonyl (C=O) groups is 1. The zero-order valence-corrected chi connectivity index (χ0v) is 22.6. The minimum Gasteiger partial charge on any atom is -0.458 e. The molecule has 188 valence electrons. The average molecular weight is 603 g/mol. The van der Waals surface area contributed by atoms with Crippen LogP contribution in [0.15, 0.2) is 16.9 Å². The number of rotatable bonds is 4. The van der Waals surface area contributed by atoms with E-state index in [0.717, 1.165) is 45.9 Å². The van der Waals surface area contributed by atoms with Gasteiger partial charge in [-0.2, -0.15) is 0 Å². The Kier molecular flexibility index (Phi) is 5.55. The molecular formula is C27H27FIN3O4. The van der Waals surface area contributed by atoms with Crippen LogP contribution in [-0.2, 0) is 34.7 Å². The molecular weight excluding hydrogens is 576 g/mol. The highest BCUT2D eigenvalue weighted by atomic mass is 127. The fourth-order valence-corrected chi connectivity index (χ4v) is 7.02. The number of esters is 1. The van der Waals surface area contributed by atoms with Crippen molar-refractivity contribution in [3.63, 3.8) is 0 Å². The summed E-state index contributed by atoms with van der Waals surface area (Å²) in [5.74, 6) is -1.02. The van der Waals surface area contributed by atoms with Crippen LogP contribution in [0.5, 0.6) is 0 Å². The molecule has 4 heterocycles. The minimum absolute atomic E-state index is 0.0853. The van der Waals surface area contributed by atoms with E-state index in [0.29, 0.717) is 34.6 Å². The van der Waals surface area contributed by atoms with Crippen molar-refractivity contribution in [3.8, 4) is 11.4 Å². The molecule has 3 aliphatic rings. The van der Waals surface area contributed by atoms with Gasteiger partial charge in [0.15, 0.2) is 5.60 Å². The molecule has 9 heteroatoms. The molecule has 6 rings (SSSR count). The fraction of sp³-hybridized carbons (Fsp3) is 0.444. The molecule has 2 atom stereocenters. The van der Waals surface area contributed by atoms with Gasteiger partial charge in [0.1, 0.15) is 12.4 Å². The van der Waals surface area contributed by atoms with Crippen LogP contribution in [0.25, 0.3) is 22.3 Å². The Morgan fingerprint density at radius 1 is 1.31 bits per heavy atom. The minimum atomic E-state index is -1.88. The number of hydrogen-bond acceptors (Lipinski definition) is 6. The first-order valence-electron chi connectivity index (χ1n) is 12.3. The van der Waals surface area contributed by atoms with E-state index in [2.05, 4.69) is 34.5 Å². The summed E-state index contributed by atoms with van der Waals surface area (Å²) in [6.45, 7) is 4.60. The number of aliphatic hydroxyl groups is 1. The number of fused-ring (bicyclic) bond motifs is 5. The maximum absolute atomic E-state index is 15.0. The summed E-state index contributed by atoms with van der Waals surface area (Å²) >= 11 is 2.37. The molecule has 1 N–H and O–H groups in total. The fourth-order valence-electron chi connectivity index (χ4n) is 6.26. The summed E-state index contributed by atoms with van der Waals surface area (Å²) in [5, 5.41) is 12.2. The van der Waals surface area contributed by atoms with Crippen LogP contribution in [-0.4, -0.2) is 43.5 Å². The van der Waals surface area contributed by atoms with Gasteiger partial charge < -0.3 is 14.4 Å². The van der Waals surface area contributed by atoms with Crippen LogP contribution >= 0.6 is 22.6 Å². The third kappa shape index (κ3) is 3.11. The van der Waals surface area contributed by atoms with E-state index < -0.39 is 11.6 Å². The Labute approximate surface area is 221 Å². The Morgan fingerprint density at radius 3 is 2.81 bits per heavy atom. The maximum atomic E-state index is 15.0. The van der Waals surface area contributed by atoms with Crippen LogP contribution in [0.2, 0.25) is 0 Å². The van der Waals surface area contributed by atoms with E-state index in [4.69, 9.17) is 9.72 Å². The summed E-state index contributed by atoms with van der Waals surface area (Å²) < 4.78 is 22.8. The molecule has 0 amide bonds. The van der Waals surface area contributed by atoms with Gasteiger partial charge in [-0.1, -0.05) is 29.5 Å². The van der Waals surface area contributed by atoms with Crippen molar-refractivity contribution >= 4 is 39.5 Å². The van der Waals surface area contributed by atoms with Crippen molar-refractivity contribution in [1.29, 1.82) is 0 Å². The number of aromatic nitrogens is 2. The molecule has 36 heavy (non-hydrogen) atoms. The Balaban J connectivity index is 1.67. The second-order valence-corrected chi connectivity index (χ2v) is 11.1. The number of nitrogens with zero attached hydrogens (tertiary/aromatic N) is 3. The van der Waals surface area contributed by atoms with Gasteiger partial charge in [-0.25, -0.2) is 14.2 Å². The molecule has 0 spiro atoms. The average Bonchev–Trinajstić information content (AvgIpc) is 3.24. The molecule has 3 aromatic rings. The van der Waals surface area contributed by atoms with Gasteiger partial charge in [-0.3, -0.25) is 9.69 Å². The number of aryl methyl sites for hydroxylation is 1. The van der Waals surface area contributed by atoms with Gasteiger partial charge in [-0.05, 0) is 56.0 Å². The van der Waals surface area contributed by atoms with E-state index in [1.165, 1.54) is 6.07 Å². The largest absolute Gasteiger partial charge is 0.458 e. The standard InChI is InChI=1S/C27H27FIN3O4/c1-4-27(35)17-9-21-24-15(11-32(21)25(33)16(17)12-36-26(27)34)23-20(31(3)8-7-29)6-5-14-13(2)18(28)10-19(30-24)22(14)23/h9-10,20,35H,4-8,11-12H2,1-3H3/t20-,27-/m0/s1. The molecule has 0 saturated heterocycles. The molecule has 2 aromatic heterocycles. The number of alkyl halides is 1. The topological polar surface area (TPSA) is 84.7 Å². The van der Waals surface area contributed by atoms with Crippen LogP contribution in [0, 0.1) is 12.7 Å². The van der Waals surface area contributed by atoms with Crippen molar-refractivity contribution in [2.75, 3.05) is 18.0 Å². The van der Waals surface area contributed by atoms with Crippen molar-refractivity contribution in [2.45, 2.75) is 57.9 Å². The molecule has 0 bridgehead atoms. The summed E-state index contributed by atoms with van der Waals surface area (Å²) in [6, 6.07) is 3.33. The van der Waals surface area contributed by atoms with E-state index in [1.807, 2.05) is 6.92 Å². The van der Waals surface area contributed by atoms with Gasteiger partial charge in [-0.15, -0.1) is 0 Å².